The van der Waals surface area contributed by atoms with E-state index in [9.17, 15) is 14.4 Å². The fourth-order valence-electron chi connectivity index (χ4n) is 2.48. The molecule has 0 spiro atoms. The highest BCUT2D eigenvalue weighted by atomic mass is 16.2. The molecule has 2 atom stereocenters. The van der Waals surface area contributed by atoms with Crippen molar-refractivity contribution in [3.05, 3.63) is 53.9 Å². The predicted molar refractivity (Wildman–Crippen MR) is 93.1 cm³/mol. The van der Waals surface area contributed by atoms with Gasteiger partial charge in [-0.25, -0.2) is 4.98 Å². The maximum Gasteiger partial charge on any atom is 0.267 e. The van der Waals surface area contributed by atoms with Gasteiger partial charge in [0.2, 0.25) is 5.91 Å². The third kappa shape index (κ3) is 4.00. The molecule has 0 unspecified atom stereocenters. The molecule has 0 saturated heterocycles. The van der Waals surface area contributed by atoms with E-state index in [0.29, 0.717) is 22.9 Å². The van der Waals surface area contributed by atoms with Crippen molar-refractivity contribution in [2.45, 2.75) is 13.3 Å². The molecule has 2 aromatic rings. The number of carbonyl (C=O) groups is 3. The number of anilines is 2. The van der Waals surface area contributed by atoms with Gasteiger partial charge in [-0.1, -0.05) is 13.0 Å². The van der Waals surface area contributed by atoms with Gasteiger partial charge in [0.25, 0.3) is 11.8 Å². The van der Waals surface area contributed by atoms with E-state index >= 15 is 0 Å². The van der Waals surface area contributed by atoms with E-state index in [-0.39, 0.29) is 23.4 Å². The molecular weight excluding hydrogens is 320 g/mol. The Morgan fingerprint density at radius 1 is 1.12 bits per heavy atom. The average Bonchev–Trinajstić information content (AvgIpc) is 3.32. The Morgan fingerprint density at radius 2 is 1.88 bits per heavy atom. The number of rotatable bonds is 5. The molecule has 128 valence electrons. The van der Waals surface area contributed by atoms with E-state index in [4.69, 9.17) is 5.73 Å². The van der Waals surface area contributed by atoms with Crippen molar-refractivity contribution in [2.75, 3.05) is 10.6 Å². The number of amides is 3. The average molecular weight is 338 g/mol. The van der Waals surface area contributed by atoms with Crippen molar-refractivity contribution in [2.24, 2.45) is 17.6 Å². The zero-order valence-corrected chi connectivity index (χ0v) is 13.7. The van der Waals surface area contributed by atoms with Crippen LogP contribution in [-0.4, -0.2) is 22.7 Å². The number of nitrogens with zero attached hydrogens (tertiary/aromatic N) is 1. The molecule has 0 aliphatic heterocycles. The van der Waals surface area contributed by atoms with Crippen molar-refractivity contribution in [1.29, 1.82) is 0 Å². The van der Waals surface area contributed by atoms with Crippen molar-refractivity contribution in [3.8, 4) is 0 Å². The molecule has 0 radical (unpaired) electrons. The molecule has 7 heteroatoms. The van der Waals surface area contributed by atoms with Gasteiger partial charge in [-0.05, 0) is 42.7 Å². The minimum absolute atomic E-state index is 0.0173. The minimum atomic E-state index is -0.633. The predicted octanol–water partition coefficient (Wildman–Crippen LogP) is 2.03. The number of carbonyl (C=O) groups excluding carboxylic acids is 3. The smallest absolute Gasteiger partial charge is 0.267 e. The van der Waals surface area contributed by atoms with Crippen LogP contribution in [0.4, 0.5) is 11.4 Å². The van der Waals surface area contributed by atoms with E-state index in [1.165, 1.54) is 12.3 Å². The summed E-state index contributed by atoms with van der Waals surface area (Å²) < 4.78 is 0. The minimum Gasteiger partial charge on any atom is -0.364 e. The molecule has 1 heterocycles. The summed E-state index contributed by atoms with van der Waals surface area (Å²) in [6.45, 7) is 2.03. The zero-order valence-electron chi connectivity index (χ0n) is 13.7. The summed E-state index contributed by atoms with van der Waals surface area (Å²) in [5.41, 5.74) is 6.67. The molecule has 1 aliphatic rings. The quantitative estimate of drug-likeness (QED) is 0.774. The van der Waals surface area contributed by atoms with Gasteiger partial charge in [0.15, 0.2) is 0 Å². The van der Waals surface area contributed by atoms with Crippen LogP contribution in [0.5, 0.6) is 0 Å². The molecule has 3 amide bonds. The van der Waals surface area contributed by atoms with E-state index < -0.39 is 5.91 Å². The molecule has 1 saturated carbocycles. The van der Waals surface area contributed by atoms with Gasteiger partial charge in [0, 0.05) is 17.2 Å². The lowest BCUT2D eigenvalue weighted by molar-refractivity contribution is -0.117. The lowest BCUT2D eigenvalue weighted by Gasteiger charge is -2.08. The first kappa shape index (κ1) is 16.6. The topological polar surface area (TPSA) is 114 Å². The third-order valence-corrected chi connectivity index (χ3v) is 4.11. The summed E-state index contributed by atoms with van der Waals surface area (Å²) in [5, 5.41) is 5.51. The summed E-state index contributed by atoms with van der Waals surface area (Å²) in [6.07, 6.45) is 2.26. The first-order chi connectivity index (χ1) is 11.9. The van der Waals surface area contributed by atoms with Crippen LogP contribution >= 0.6 is 0 Å². The van der Waals surface area contributed by atoms with E-state index in [0.717, 1.165) is 6.42 Å². The number of pyridine rings is 1. The van der Waals surface area contributed by atoms with Crippen molar-refractivity contribution >= 4 is 29.1 Å². The van der Waals surface area contributed by atoms with Gasteiger partial charge in [0.1, 0.15) is 5.69 Å². The lowest BCUT2D eigenvalue weighted by Crippen LogP contribution is -2.16. The first-order valence-corrected chi connectivity index (χ1v) is 7.92. The van der Waals surface area contributed by atoms with Crippen molar-refractivity contribution in [3.63, 3.8) is 0 Å². The molecule has 1 aromatic carbocycles. The van der Waals surface area contributed by atoms with E-state index in [2.05, 4.69) is 15.6 Å². The van der Waals surface area contributed by atoms with Crippen LogP contribution in [0, 0.1) is 11.8 Å². The summed E-state index contributed by atoms with van der Waals surface area (Å²) >= 11 is 0. The number of aromatic nitrogens is 1. The number of primary amides is 1. The van der Waals surface area contributed by atoms with Crippen LogP contribution in [0.25, 0.3) is 0 Å². The van der Waals surface area contributed by atoms with Crippen LogP contribution in [0.15, 0.2) is 42.6 Å². The van der Waals surface area contributed by atoms with E-state index in [1.807, 2.05) is 6.92 Å². The van der Waals surface area contributed by atoms with Crippen LogP contribution in [0.1, 0.15) is 34.2 Å². The van der Waals surface area contributed by atoms with Crippen LogP contribution in [0.2, 0.25) is 0 Å². The summed E-state index contributed by atoms with van der Waals surface area (Å²) in [4.78, 5) is 39.2. The zero-order chi connectivity index (χ0) is 18.0. The van der Waals surface area contributed by atoms with Gasteiger partial charge >= 0.3 is 0 Å². The molecule has 4 N–H and O–H groups in total. The Bertz CT molecular complexity index is 832. The Hall–Kier alpha value is -3.22. The van der Waals surface area contributed by atoms with Crippen LogP contribution in [0.3, 0.4) is 0 Å². The second-order valence-electron chi connectivity index (χ2n) is 6.14. The summed E-state index contributed by atoms with van der Waals surface area (Å²) in [6, 6.07) is 9.69. The van der Waals surface area contributed by atoms with Gasteiger partial charge in [-0.2, -0.15) is 0 Å². The number of nitrogens with one attached hydrogen (secondary N) is 2. The largest absolute Gasteiger partial charge is 0.364 e. The highest BCUT2D eigenvalue weighted by molar-refractivity contribution is 6.05. The van der Waals surface area contributed by atoms with Gasteiger partial charge < -0.3 is 16.4 Å². The molecule has 25 heavy (non-hydrogen) atoms. The van der Waals surface area contributed by atoms with Gasteiger partial charge in [-0.3, -0.25) is 14.4 Å². The second-order valence-corrected chi connectivity index (χ2v) is 6.14. The van der Waals surface area contributed by atoms with Crippen LogP contribution < -0.4 is 16.4 Å². The Kier molecular flexibility index (Phi) is 4.47. The fourth-order valence-corrected chi connectivity index (χ4v) is 2.48. The second kappa shape index (κ2) is 6.72. The Balaban J connectivity index is 1.66. The highest BCUT2D eigenvalue weighted by Crippen LogP contribution is 2.38. The monoisotopic (exact) mass is 338 g/mol. The molecule has 1 fully saturated rings. The number of hydrogen-bond donors (Lipinski definition) is 3. The first-order valence-electron chi connectivity index (χ1n) is 7.92. The maximum atomic E-state index is 12.3. The van der Waals surface area contributed by atoms with Gasteiger partial charge in [0.05, 0.1) is 11.9 Å². The summed E-state index contributed by atoms with van der Waals surface area (Å²) in [5.74, 6) is -0.512. The van der Waals surface area contributed by atoms with Crippen molar-refractivity contribution in [1.82, 2.24) is 4.98 Å². The van der Waals surface area contributed by atoms with Crippen molar-refractivity contribution < 1.29 is 14.4 Å². The molecule has 3 rings (SSSR count). The molecule has 7 nitrogen and oxygen atoms in total. The summed E-state index contributed by atoms with van der Waals surface area (Å²) in [7, 11) is 0. The third-order valence-electron chi connectivity index (χ3n) is 4.11. The number of hydrogen-bond acceptors (Lipinski definition) is 4. The molecule has 1 aromatic heterocycles. The number of benzene rings is 1. The highest BCUT2D eigenvalue weighted by Gasteiger charge is 2.39. The number of nitrogens with two attached hydrogens (primary N) is 1. The Morgan fingerprint density at radius 3 is 2.48 bits per heavy atom. The molecule has 1 aliphatic carbocycles. The van der Waals surface area contributed by atoms with Gasteiger partial charge in [-0.15, -0.1) is 0 Å². The normalized spacial score (nSPS) is 18.3. The Labute approximate surface area is 144 Å². The SMILES string of the molecule is C[C@H]1C[C@H]1C(=O)Nc1cccc(C(=O)Nc2ccc(C(N)=O)nc2)c1. The molecule has 0 bridgehead atoms. The van der Waals surface area contributed by atoms with Crippen LogP contribution in [-0.2, 0) is 4.79 Å². The lowest BCUT2D eigenvalue weighted by atomic mass is 10.1. The van der Waals surface area contributed by atoms with E-state index in [1.54, 1.807) is 30.3 Å². The molecular formula is C18H18N4O3. The fraction of sp³-hybridized carbons (Fsp3) is 0.222. The maximum absolute atomic E-state index is 12.3. The standard InChI is InChI=1S/C18H18N4O3/c1-10-7-14(10)18(25)21-12-4-2-3-11(8-12)17(24)22-13-5-6-15(16(19)23)20-9-13/h2-6,8-10,14H,7H2,1H3,(H2,19,23)(H,21,25)(H,22,24)/t10-,14+/m0/s1.